The minimum atomic E-state index is -0.284. The molecule has 1 heterocycles. The van der Waals surface area contributed by atoms with Crippen molar-refractivity contribution < 1.29 is 4.39 Å². The predicted octanol–water partition coefficient (Wildman–Crippen LogP) is 3.17. The molecule has 0 amide bonds. The van der Waals surface area contributed by atoms with Crippen LogP contribution in [0.5, 0.6) is 0 Å². The molecule has 0 unspecified atom stereocenters. The third kappa shape index (κ3) is 3.76. The number of hydrogen-bond acceptors (Lipinski definition) is 4. The van der Waals surface area contributed by atoms with Crippen molar-refractivity contribution in [2.75, 3.05) is 18.4 Å². The van der Waals surface area contributed by atoms with E-state index in [-0.39, 0.29) is 11.7 Å². The minimum Gasteiger partial charge on any atom is -0.382 e. The van der Waals surface area contributed by atoms with Crippen molar-refractivity contribution in [3.8, 4) is 11.3 Å². The van der Waals surface area contributed by atoms with Crippen molar-refractivity contribution in [2.45, 2.75) is 26.2 Å². The maximum absolute atomic E-state index is 14.1. The van der Waals surface area contributed by atoms with Gasteiger partial charge in [0.2, 0.25) is 0 Å². The summed E-state index contributed by atoms with van der Waals surface area (Å²) in [5.74, 6) is 0.610. The summed E-state index contributed by atoms with van der Waals surface area (Å²) < 4.78 is 14.1. The highest BCUT2D eigenvalue weighted by Crippen LogP contribution is 2.28. The number of nitrogens with one attached hydrogen (secondary N) is 1. The van der Waals surface area contributed by atoms with Crippen LogP contribution in [-0.2, 0) is 0 Å². The highest BCUT2D eigenvalue weighted by molar-refractivity contribution is 5.74. The largest absolute Gasteiger partial charge is 0.382 e. The number of anilines is 1. The van der Waals surface area contributed by atoms with Gasteiger partial charge in [-0.25, -0.2) is 14.4 Å². The zero-order valence-electron chi connectivity index (χ0n) is 12.4. The van der Waals surface area contributed by atoms with Gasteiger partial charge in [-0.1, -0.05) is 26.0 Å². The standard InChI is InChI=1S/C16H21FN4/c1-11(2)16-20-10-14(19-9-5-8-18)15(21-16)12-6-3-4-7-13(12)17/h3-4,6-7,10-11,19H,5,8-9,18H2,1-2H3. The molecule has 3 N–H and O–H groups in total. The highest BCUT2D eigenvalue weighted by atomic mass is 19.1. The summed E-state index contributed by atoms with van der Waals surface area (Å²) in [5.41, 5.74) is 7.32. The third-order valence-corrected chi connectivity index (χ3v) is 3.15. The Labute approximate surface area is 124 Å². The molecule has 0 fully saturated rings. The van der Waals surface area contributed by atoms with Crippen molar-refractivity contribution in [2.24, 2.45) is 5.73 Å². The number of aromatic nitrogens is 2. The molecule has 0 saturated carbocycles. The first-order valence-electron chi connectivity index (χ1n) is 7.19. The molecule has 21 heavy (non-hydrogen) atoms. The van der Waals surface area contributed by atoms with Crippen LogP contribution in [0.3, 0.4) is 0 Å². The van der Waals surface area contributed by atoms with Gasteiger partial charge in [-0.05, 0) is 25.1 Å². The molecule has 0 aliphatic heterocycles. The maximum Gasteiger partial charge on any atom is 0.132 e. The fraction of sp³-hybridized carbons (Fsp3) is 0.375. The van der Waals surface area contributed by atoms with Gasteiger partial charge >= 0.3 is 0 Å². The Bertz CT molecular complexity index is 599. The van der Waals surface area contributed by atoms with Gasteiger partial charge in [-0.3, -0.25) is 0 Å². The number of halogens is 1. The molecule has 4 nitrogen and oxygen atoms in total. The van der Waals surface area contributed by atoms with Gasteiger partial charge in [0.05, 0.1) is 11.9 Å². The maximum atomic E-state index is 14.1. The van der Waals surface area contributed by atoms with Crippen LogP contribution in [0.25, 0.3) is 11.3 Å². The molecule has 0 aliphatic rings. The van der Waals surface area contributed by atoms with Crippen LogP contribution >= 0.6 is 0 Å². The number of benzene rings is 1. The topological polar surface area (TPSA) is 63.8 Å². The molecular formula is C16H21FN4. The Morgan fingerprint density at radius 3 is 2.71 bits per heavy atom. The van der Waals surface area contributed by atoms with Crippen molar-refractivity contribution >= 4 is 5.69 Å². The molecule has 112 valence electrons. The van der Waals surface area contributed by atoms with E-state index < -0.39 is 0 Å². The Kier molecular flexibility index (Phi) is 5.22. The zero-order chi connectivity index (χ0) is 15.2. The van der Waals surface area contributed by atoms with E-state index in [0.717, 1.165) is 12.1 Å². The second-order valence-electron chi connectivity index (χ2n) is 5.19. The molecule has 0 aliphatic carbocycles. The van der Waals surface area contributed by atoms with E-state index in [4.69, 9.17) is 5.73 Å². The average molecular weight is 288 g/mol. The van der Waals surface area contributed by atoms with Crippen LogP contribution < -0.4 is 11.1 Å². The number of nitrogens with zero attached hydrogens (tertiary/aromatic N) is 2. The van der Waals surface area contributed by atoms with E-state index in [2.05, 4.69) is 15.3 Å². The van der Waals surface area contributed by atoms with Gasteiger partial charge in [0.1, 0.15) is 17.3 Å². The van der Waals surface area contributed by atoms with Crippen molar-refractivity contribution in [1.29, 1.82) is 0 Å². The van der Waals surface area contributed by atoms with Gasteiger partial charge in [0, 0.05) is 18.0 Å². The first kappa shape index (κ1) is 15.4. The van der Waals surface area contributed by atoms with Gasteiger partial charge in [-0.2, -0.15) is 0 Å². The fourth-order valence-corrected chi connectivity index (χ4v) is 1.99. The van der Waals surface area contributed by atoms with E-state index in [0.29, 0.717) is 30.2 Å². The zero-order valence-corrected chi connectivity index (χ0v) is 12.4. The second-order valence-corrected chi connectivity index (χ2v) is 5.19. The summed E-state index contributed by atoms with van der Waals surface area (Å²) in [6.45, 7) is 5.35. The lowest BCUT2D eigenvalue weighted by Crippen LogP contribution is -2.11. The monoisotopic (exact) mass is 288 g/mol. The van der Waals surface area contributed by atoms with Crippen LogP contribution in [0, 0.1) is 5.82 Å². The average Bonchev–Trinajstić information content (AvgIpc) is 2.48. The van der Waals surface area contributed by atoms with E-state index >= 15 is 0 Å². The minimum absolute atomic E-state index is 0.189. The molecular weight excluding hydrogens is 267 g/mol. The van der Waals surface area contributed by atoms with Crippen molar-refractivity contribution in [3.05, 3.63) is 42.1 Å². The lowest BCUT2D eigenvalue weighted by molar-refractivity contribution is 0.630. The molecule has 0 radical (unpaired) electrons. The van der Waals surface area contributed by atoms with Crippen molar-refractivity contribution in [1.82, 2.24) is 9.97 Å². The van der Waals surface area contributed by atoms with Crippen molar-refractivity contribution in [3.63, 3.8) is 0 Å². The first-order chi connectivity index (χ1) is 10.1. The summed E-state index contributed by atoms with van der Waals surface area (Å²) in [5, 5.41) is 3.23. The number of rotatable bonds is 6. The second kappa shape index (κ2) is 7.13. The van der Waals surface area contributed by atoms with Gasteiger partial charge < -0.3 is 11.1 Å². The molecule has 1 aromatic carbocycles. The van der Waals surface area contributed by atoms with E-state index in [1.54, 1.807) is 24.4 Å². The molecule has 1 aromatic heterocycles. The SMILES string of the molecule is CC(C)c1ncc(NCCCN)c(-c2ccccc2F)n1. The normalized spacial score (nSPS) is 10.9. The van der Waals surface area contributed by atoms with E-state index in [1.165, 1.54) is 6.07 Å². The molecule has 2 rings (SSSR count). The van der Waals surface area contributed by atoms with E-state index in [9.17, 15) is 4.39 Å². The molecule has 2 aromatic rings. The molecule has 0 saturated heterocycles. The summed E-state index contributed by atoms with van der Waals surface area (Å²) in [7, 11) is 0. The number of hydrogen-bond donors (Lipinski definition) is 2. The van der Waals surface area contributed by atoms with E-state index in [1.807, 2.05) is 13.8 Å². The van der Waals surface area contributed by atoms with Crippen LogP contribution in [0.1, 0.15) is 32.0 Å². The van der Waals surface area contributed by atoms with Crippen LogP contribution in [0.4, 0.5) is 10.1 Å². The van der Waals surface area contributed by atoms with Crippen LogP contribution in [0.2, 0.25) is 0 Å². The summed E-state index contributed by atoms with van der Waals surface area (Å²) >= 11 is 0. The third-order valence-electron chi connectivity index (χ3n) is 3.15. The summed E-state index contributed by atoms with van der Waals surface area (Å²) in [4.78, 5) is 8.88. The Morgan fingerprint density at radius 2 is 2.05 bits per heavy atom. The predicted molar refractivity (Wildman–Crippen MR) is 83.7 cm³/mol. The molecule has 5 heteroatoms. The fourth-order valence-electron chi connectivity index (χ4n) is 1.99. The summed E-state index contributed by atoms with van der Waals surface area (Å²) in [6, 6.07) is 6.65. The summed E-state index contributed by atoms with van der Waals surface area (Å²) in [6.07, 6.45) is 2.56. The smallest absolute Gasteiger partial charge is 0.132 e. The molecule has 0 spiro atoms. The number of nitrogens with two attached hydrogens (primary N) is 1. The van der Waals surface area contributed by atoms with Gasteiger partial charge in [0.25, 0.3) is 0 Å². The van der Waals surface area contributed by atoms with Crippen LogP contribution in [-0.4, -0.2) is 23.1 Å². The lowest BCUT2D eigenvalue weighted by Gasteiger charge is -2.14. The quantitative estimate of drug-likeness (QED) is 0.801. The first-order valence-corrected chi connectivity index (χ1v) is 7.19. The molecule has 0 bridgehead atoms. The van der Waals surface area contributed by atoms with Crippen LogP contribution in [0.15, 0.2) is 30.5 Å². The Morgan fingerprint density at radius 1 is 1.29 bits per heavy atom. The Balaban J connectivity index is 2.43. The highest BCUT2D eigenvalue weighted by Gasteiger charge is 2.14. The Hall–Kier alpha value is -2.01. The van der Waals surface area contributed by atoms with Gasteiger partial charge in [-0.15, -0.1) is 0 Å². The lowest BCUT2D eigenvalue weighted by atomic mass is 10.1. The van der Waals surface area contributed by atoms with Gasteiger partial charge in [0.15, 0.2) is 0 Å². The molecule has 0 atom stereocenters.